The lowest BCUT2D eigenvalue weighted by Gasteiger charge is -2.33. The maximum atomic E-state index is 14.8. The molecule has 1 aliphatic rings. The zero-order valence-electron chi connectivity index (χ0n) is 81.7. The van der Waals surface area contributed by atoms with Crippen LogP contribution in [-0.4, -0.2) is 355 Å². The van der Waals surface area contributed by atoms with E-state index in [2.05, 4.69) is 85.1 Å². The largest absolute Gasteiger partial charge is 0.481 e. The number of hydrogen-bond donors (Lipinski definition) is 32. The molecule has 0 spiro atoms. The third kappa shape index (κ3) is 47.8. The van der Waals surface area contributed by atoms with Gasteiger partial charge in [0.2, 0.25) is 106 Å². The second kappa shape index (κ2) is 66.5. The van der Waals surface area contributed by atoms with Gasteiger partial charge < -0.3 is 170 Å². The van der Waals surface area contributed by atoms with Gasteiger partial charge in [-0.2, -0.15) is 0 Å². The van der Waals surface area contributed by atoms with E-state index in [1.165, 1.54) is 6.92 Å². The monoisotopic (exact) mass is 2030 g/mol. The summed E-state index contributed by atoms with van der Waals surface area (Å²) in [6.45, 7) is 11.9. The molecule has 0 aromatic rings. The average molecular weight is 2030 g/mol. The third-order valence-electron chi connectivity index (χ3n) is 22.7. The maximum absolute atomic E-state index is 14.8. The molecular formula is C86H149N25O31. The Kier molecular flexibility index (Phi) is 59.4. The summed E-state index contributed by atoms with van der Waals surface area (Å²) < 4.78 is 0. The van der Waals surface area contributed by atoms with Gasteiger partial charge in [0.15, 0.2) is 5.96 Å². The number of nitrogens with one attached hydrogen (secondary N) is 19. The molecule has 1 fully saturated rings. The number of carbonyl (C=O) groups is 23. The van der Waals surface area contributed by atoms with E-state index in [9.17, 15) is 146 Å². The summed E-state index contributed by atoms with van der Waals surface area (Å²) in [6.07, 6.45) is -5.81. The van der Waals surface area contributed by atoms with E-state index in [0.29, 0.717) is 32.1 Å². The molecule has 0 aromatic carbocycles. The Balaban J connectivity index is 3.37. The smallest absolute Gasteiger partial charge is 0.326 e. The highest BCUT2D eigenvalue weighted by Gasteiger charge is 2.44. The third-order valence-corrected chi connectivity index (χ3v) is 22.7. The molecule has 21 atom stereocenters. The standard InChI is InChI=1S/C86H149N25O31/c1-11-42(5)65(107-60(116)39-94-59(115)38-95-72(128)49(24-19-33-93-86(91)92)98-69(125)44(7)96-83(139)68(47(10)114)110-78(134)57(40-112)106-76(132)54(36-63(121)122)103-75(131)52(27-29-62(119)120)100-71(127)48(90)26-28-61(117)118)81(137)108-66(43(6)12-2)80(136)105-56(35-41(3)4)84(140)111-34-20-25-58(111)79(135)104-55(37-64(123)124)77(133)109-67(46(9)113)82(138)97-45(8)70(126)99-50(21-13-16-30-87)73(129)101-51(22-14-17-31-88)74(130)102-53(85(141)142)23-15-18-32-89/h41-58,65-68,112-114H,11-40,87-90H2,1-10H3,(H,94,115)(H,95,128)(H,96,139)(H,97,138)(H,98,125)(H,99,126)(H,100,127)(H,101,129)(H,102,130)(H,103,131)(H,104,135)(H,105,136)(H,106,132)(H,107,116)(H,108,137)(H,109,133)(H,110,134)(H,117,118)(H,119,120)(H,121,122)(H,123,124)(H,141,142)(H4,91,92,93)/t42-,43-,44-,45-,46+,47+,48-,49-,50-,51-,52-,53-,54-,55-,56-,57-,58-,65-,66-,67-,68-/m0/s1. The molecule has 0 saturated carbocycles. The lowest BCUT2D eigenvalue weighted by Crippen LogP contribution is -2.62. The zero-order valence-corrected chi connectivity index (χ0v) is 81.7. The molecule has 0 aromatic heterocycles. The molecule has 1 rings (SSSR count). The molecule has 56 heteroatoms. The molecule has 0 radical (unpaired) electrons. The van der Waals surface area contributed by atoms with Crippen molar-refractivity contribution in [1.29, 1.82) is 5.41 Å². The number of aliphatic hydroxyl groups excluding tert-OH is 3. The number of carboxylic acid groups (broad SMARTS) is 5. The minimum atomic E-state index is -2.13. The summed E-state index contributed by atoms with van der Waals surface area (Å²) in [5.41, 5.74) is 28.1. The molecule has 56 nitrogen and oxygen atoms in total. The number of aliphatic hydroxyl groups is 3. The van der Waals surface area contributed by atoms with Crippen LogP contribution in [0.15, 0.2) is 0 Å². The van der Waals surface area contributed by atoms with Gasteiger partial charge in [-0.25, -0.2) is 4.79 Å². The summed E-state index contributed by atoms with van der Waals surface area (Å²) in [5.74, 6) is -29.2. The average Bonchev–Trinajstić information content (AvgIpc) is 1.57. The van der Waals surface area contributed by atoms with Crippen molar-refractivity contribution >= 4 is 142 Å². The Morgan fingerprint density at radius 1 is 0.373 bits per heavy atom. The first-order valence-electron chi connectivity index (χ1n) is 47.0. The normalized spacial score (nSPS) is 16.4. The number of carbonyl (C=O) groups excluding carboxylic acids is 18. The van der Waals surface area contributed by atoms with E-state index in [1.807, 2.05) is 10.6 Å². The number of amides is 18. The topological polar surface area (TPSA) is 928 Å². The number of rotatable bonds is 71. The minimum absolute atomic E-state index is 0.00323. The summed E-state index contributed by atoms with van der Waals surface area (Å²) in [6, 6.07) is -27.9. The van der Waals surface area contributed by atoms with Crippen LogP contribution < -0.4 is 124 Å². The van der Waals surface area contributed by atoms with Crippen LogP contribution in [0.4, 0.5) is 0 Å². The van der Waals surface area contributed by atoms with Gasteiger partial charge in [0, 0.05) is 25.9 Å². The Morgan fingerprint density at radius 2 is 0.739 bits per heavy atom. The van der Waals surface area contributed by atoms with Gasteiger partial charge in [-0.1, -0.05) is 54.4 Å². The molecule has 0 aliphatic carbocycles. The van der Waals surface area contributed by atoms with E-state index in [1.54, 1.807) is 41.5 Å². The number of hydrogen-bond acceptors (Lipinski definition) is 31. The van der Waals surface area contributed by atoms with Crippen molar-refractivity contribution in [3.8, 4) is 0 Å². The molecule has 37 N–H and O–H groups in total. The van der Waals surface area contributed by atoms with Crippen molar-refractivity contribution in [3.63, 3.8) is 0 Å². The maximum Gasteiger partial charge on any atom is 0.326 e. The molecule has 1 heterocycles. The van der Waals surface area contributed by atoms with Crippen LogP contribution in [0.3, 0.4) is 0 Å². The number of nitrogens with two attached hydrogens (primary N) is 5. The highest BCUT2D eigenvalue weighted by Crippen LogP contribution is 2.23. The number of unbranched alkanes of at least 4 members (excludes halogenated alkanes) is 3. The molecule has 18 amide bonds. The number of guanidine groups is 1. The zero-order chi connectivity index (χ0) is 108. The van der Waals surface area contributed by atoms with Gasteiger partial charge in [-0.05, 0) is 168 Å². The Hall–Kier alpha value is -13.2. The van der Waals surface area contributed by atoms with Crippen molar-refractivity contribution in [2.75, 3.05) is 52.4 Å². The van der Waals surface area contributed by atoms with Crippen LogP contribution in [0.1, 0.15) is 210 Å². The van der Waals surface area contributed by atoms with Crippen molar-refractivity contribution < 1.29 is 151 Å². The minimum Gasteiger partial charge on any atom is -0.481 e. The van der Waals surface area contributed by atoms with E-state index in [-0.39, 0.29) is 109 Å². The van der Waals surface area contributed by atoms with Crippen LogP contribution >= 0.6 is 0 Å². The van der Waals surface area contributed by atoms with Gasteiger partial charge in [-0.3, -0.25) is 111 Å². The lowest BCUT2D eigenvalue weighted by atomic mass is 9.94. The quantitative estimate of drug-likeness (QED) is 0.0153. The second-order valence-electron chi connectivity index (χ2n) is 35.1. The van der Waals surface area contributed by atoms with Crippen LogP contribution in [0.5, 0.6) is 0 Å². The second-order valence-corrected chi connectivity index (χ2v) is 35.1. The van der Waals surface area contributed by atoms with Gasteiger partial charge in [-0.15, -0.1) is 0 Å². The Morgan fingerprint density at radius 3 is 1.18 bits per heavy atom. The van der Waals surface area contributed by atoms with Gasteiger partial charge in [0.1, 0.15) is 96.7 Å². The fraction of sp³-hybridized carbons (Fsp3) is 0.721. The first kappa shape index (κ1) is 127. The van der Waals surface area contributed by atoms with Crippen molar-refractivity contribution in [3.05, 3.63) is 0 Å². The van der Waals surface area contributed by atoms with Gasteiger partial charge >= 0.3 is 29.8 Å². The van der Waals surface area contributed by atoms with E-state index < -0.39 is 327 Å². The number of nitrogens with zero attached hydrogens (tertiary/aromatic N) is 1. The summed E-state index contributed by atoms with van der Waals surface area (Å²) >= 11 is 0. The van der Waals surface area contributed by atoms with Crippen LogP contribution in [-0.2, 0) is 110 Å². The van der Waals surface area contributed by atoms with Crippen molar-refractivity contribution in [2.24, 2.45) is 46.4 Å². The predicted molar refractivity (Wildman–Crippen MR) is 502 cm³/mol. The van der Waals surface area contributed by atoms with E-state index >= 15 is 0 Å². The highest BCUT2D eigenvalue weighted by atomic mass is 16.4. The Bertz CT molecular complexity index is 4280. The fourth-order valence-corrected chi connectivity index (χ4v) is 14.1. The molecule has 804 valence electrons. The van der Waals surface area contributed by atoms with Gasteiger partial charge in [0.25, 0.3) is 0 Å². The summed E-state index contributed by atoms with van der Waals surface area (Å²) in [4.78, 5) is 309. The first-order chi connectivity index (χ1) is 66.6. The number of carboxylic acids is 5. The molecule has 1 aliphatic heterocycles. The van der Waals surface area contributed by atoms with E-state index in [0.717, 1.165) is 25.7 Å². The van der Waals surface area contributed by atoms with Crippen LogP contribution in [0, 0.1) is 23.2 Å². The van der Waals surface area contributed by atoms with Crippen molar-refractivity contribution in [2.45, 2.75) is 325 Å². The SMILES string of the molecule is CC[C@H](C)[C@H](NC(=O)CNC(=O)CNC(=O)[C@H](CCCNC(=N)N)NC(=O)[C@H](C)NC(=O)[C@@H](NC(=O)[C@H](CO)NC(=O)[C@H](CC(=O)O)NC(=O)[C@H](CCC(=O)O)NC(=O)[C@@H](N)CCC(=O)O)[C@@H](C)O)C(=O)N[C@H](C(=O)N[C@@H](CC(C)C)C(=O)N1CCC[C@H]1C(=O)N[C@@H](CC(=O)O)C(=O)N[C@H](C(=O)N[C@@H](C)C(=O)N[C@@H](CCCCN)C(=O)N[C@@H](CCCCN)C(=O)N[C@@H](CCCCN)C(=O)O)[C@@H](C)O)[C@@H](C)CC. The molecular weight excluding hydrogens is 1880 g/mol. The van der Waals surface area contributed by atoms with Crippen LogP contribution in [0.2, 0.25) is 0 Å². The molecule has 1 saturated heterocycles. The number of likely N-dealkylation sites (tertiary alicyclic amines) is 1. The molecule has 0 unspecified atom stereocenters. The van der Waals surface area contributed by atoms with Crippen LogP contribution in [0.25, 0.3) is 0 Å². The Labute approximate surface area is 820 Å². The molecule has 0 bridgehead atoms. The summed E-state index contributed by atoms with van der Waals surface area (Å²) in [5, 5.41) is 129. The molecule has 142 heavy (non-hydrogen) atoms. The predicted octanol–water partition coefficient (Wildman–Crippen LogP) is -10.8. The first-order valence-corrected chi connectivity index (χ1v) is 47.0. The van der Waals surface area contributed by atoms with Crippen molar-refractivity contribution in [1.82, 2.24) is 101 Å². The van der Waals surface area contributed by atoms with Gasteiger partial charge in [0.05, 0.1) is 50.8 Å². The highest BCUT2D eigenvalue weighted by molar-refractivity contribution is 6.02. The fourth-order valence-electron chi connectivity index (χ4n) is 14.1. The lowest BCUT2D eigenvalue weighted by molar-refractivity contribution is -0.144. The summed E-state index contributed by atoms with van der Waals surface area (Å²) in [7, 11) is 0. The number of aliphatic carboxylic acids is 5. The van der Waals surface area contributed by atoms with E-state index in [4.69, 9.17) is 39.2 Å².